The zero-order valence-corrected chi connectivity index (χ0v) is 13.6. The summed E-state index contributed by atoms with van der Waals surface area (Å²) in [6, 6.07) is 12.2. The largest absolute Gasteiger partial charge is 0.342 e. The third-order valence-corrected chi connectivity index (χ3v) is 3.85. The average molecular weight is 338 g/mol. The summed E-state index contributed by atoms with van der Waals surface area (Å²) < 4.78 is 0. The molecule has 0 unspecified atom stereocenters. The molecule has 2 heterocycles. The molecule has 0 atom stereocenters. The Morgan fingerprint density at radius 3 is 2.72 bits per heavy atom. The summed E-state index contributed by atoms with van der Waals surface area (Å²) in [5.74, 6) is -1.44. The molecule has 3 rings (SSSR count). The van der Waals surface area contributed by atoms with Crippen molar-refractivity contribution in [1.29, 1.82) is 0 Å². The van der Waals surface area contributed by atoms with Crippen LogP contribution in [0.5, 0.6) is 0 Å². The molecular formula is C18H18N4O3. The zero-order chi connectivity index (χ0) is 17.6. The molecular weight excluding hydrogens is 320 g/mol. The third-order valence-electron chi connectivity index (χ3n) is 3.85. The van der Waals surface area contributed by atoms with Crippen molar-refractivity contribution in [3.8, 4) is 0 Å². The number of anilines is 2. The van der Waals surface area contributed by atoms with E-state index in [4.69, 9.17) is 0 Å². The molecule has 1 aromatic heterocycles. The Hall–Kier alpha value is -3.22. The van der Waals surface area contributed by atoms with E-state index in [1.54, 1.807) is 53.6 Å². The van der Waals surface area contributed by atoms with Gasteiger partial charge in [-0.05, 0) is 36.8 Å². The number of nitrogens with zero attached hydrogens (tertiary/aromatic N) is 2. The van der Waals surface area contributed by atoms with Gasteiger partial charge >= 0.3 is 11.8 Å². The lowest BCUT2D eigenvalue weighted by molar-refractivity contribution is -0.136. The molecule has 0 bridgehead atoms. The van der Waals surface area contributed by atoms with Crippen LogP contribution in [0, 0.1) is 0 Å². The number of nitrogens with one attached hydrogen (secondary N) is 2. The molecule has 2 N–H and O–H groups in total. The number of carbonyl (C=O) groups is 3. The van der Waals surface area contributed by atoms with E-state index in [0.717, 1.165) is 6.42 Å². The predicted octanol–water partition coefficient (Wildman–Crippen LogP) is 1.46. The number of pyridine rings is 1. The van der Waals surface area contributed by atoms with E-state index in [-0.39, 0.29) is 12.5 Å². The Balaban J connectivity index is 1.59. The minimum atomic E-state index is -0.763. The topological polar surface area (TPSA) is 91.4 Å². The highest BCUT2D eigenvalue weighted by atomic mass is 16.2. The Morgan fingerprint density at radius 2 is 2.00 bits per heavy atom. The molecule has 25 heavy (non-hydrogen) atoms. The molecule has 1 aliphatic rings. The Bertz CT molecular complexity index is 792. The maximum absolute atomic E-state index is 12.0. The maximum Gasteiger partial charge on any atom is 0.313 e. The lowest BCUT2D eigenvalue weighted by atomic mass is 10.2. The fraction of sp³-hybridized carbons (Fsp3) is 0.222. The monoisotopic (exact) mass is 338 g/mol. The molecule has 1 aliphatic heterocycles. The molecule has 1 fully saturated rings. The summed E-state index contributed by atoms with van der Waals surface area (Å²) in [5.41, 5.74) is 1.85. The number of carbonyl (C=O) groups excluding carboxylic acids is 3. The van der Waals surface area contributed by atoms with E-state index in [9.17, 15) is 14.4 Å². The number of hydrogen-bond acceptors (Lipinski definition) is 4. The number of amides is 3. The van der Waals surface area contributed by atoms with E-state index in [1.807, 2.05) is 0 Å². The van der Waals surface area contributed by atoms with Gasteiger partial charge in [-0.2, -0.15) is 0 Å². The normalized spacial score (nSPS) is 13.6. The quantitative estimate of drug-likeness (QED) is 0.826. The van der Waals surface area contributed by atoms with Crippen molar-refractivity contribution in [2.24, 2.45) is 0 Å². The van der Waals surface area contributed by atoms with Crippen LogP contribution in [0.3, 0.4) is 0 Å². The van der Waals surface area contributed by atoms with Crippen LogP contribution in [0.15, 0.2) is 48.7 Å². The molecule has 128 valence electrons. The highest BCUT2D eigenvalue weighted by Crippen LogP contribution is 2.24. The number of hydrogen-bond donors (Lipinski definition) is 2. The lowest BCUT2D eigenvalue weighted by Crippen LogP contribution is -2.35. The highest BCUT2D eigenvalue weighted by molar-refractivity contribution is 6.39. The fourth-order valence-corrected chi connectivity index (χ4v) is 2.61. The summed E-state index contributed by atoms with van der Waals surface area (Å²) in [4.78, 5) is 41.5. The van der Waals surface area contributed by atoms with Gasteiger partial charge in [0.15, 0.2) is 0 Å². The van der Waals surface area contributed by atoms with Gasteiger partial charge in [0.05, 0.1) is 12.2 Å². The van der Waals surface area contributed by atoms with Crippen molar-refractivity contribution in [2.75, 3.05) is 16.8 Å². The SMILES string of the molecule is O=C(NCc1ccccn1)C(=O)Nc1cccc(N2CCCC2=O)c1. The van der Waals surface area contributed by atoms with Gasteiger partial charge in [-0.15, -0.1) is 0 Å². The summed E-state index contributed by atoms with van der Waals surface area (Å²) >= 11 is 0. The fourth-order valence-electron chi connectivity index (χ4n) is 2.61. The van der Waals surface area contributed by atoms with Gasteiger partial charge in [-0.1, -0.05) is 12.1 Å². The zero-order valence-electron chi connectivity index (χ0n) is 13.6. The van der Waals surface area contributed by atoms with Crippen LogP contribution in [0.25, 0.3) is 0 Å². The van der Waals surface area contributed by atoms with Gasteiger partial charge in [0.1, 0.15) is 0 Å². The van der Waals surface area contributed by atoms with Crippen LogP contribution >= 0.6 is 0 Å². The molecule has 7 nitrogen and oxygen atoms in total. The minimum Gasteiger partial charge on any atom is -0.342 e. The smallest absolute Gasteiger partial charge is 0.313 e. The number of benzene rings is 1. The van der Waals surface area contributed by atoms with Crippen LogP contribution in [0.4, 0.5) is 11.4 Å². The second kappa shape index (κ2) is 7.57. The first kappa shape index (κ1) is 16.6. The van der Waals surface area contributed by atoms with Crippen LogP contribution in [0.2, 0.25) is 0 Å². The van der Waals surface area contributed by atoms with Gasteiger partial charge in [-0.3, -0.25) is 19.4 Å². The first-order valence-corrected chi connectivity index (χ1v) is 8.03. The molecule has 0 saturated carbocycles. The van der Waals surface area contributed by atoms with Crippen molar-refractivity contribution < 1.29 is 14.4 Å². The van der Waals surface area contributed by atoms with E-state index in [1.165, 1.54) is 0 Å². The molecule has 2 aromatic rings. The number of aromatic nitrogens is 1. The molecule has 7 heteroatoms. The van der Waals surface area contributed by atoms with Crippen LogP contribution in [0.1, 0.15) is 18.5 Å². The van der Waals surface area contributed by atoms with Crippen LogP contribution in [-0.4, -0.2) is 29.3 Å². The van der Waals surface area contributed by atoms with Crippen LogP contribution in [-0.2, 0) is 20.9 Å². The Kier molecular flexibility index (Phi) is 5.03. The average Bonchev–Trinajstić information content (AvgIpc) is 3.06. The van der Waals surface area contributed by atoms with Gasteiger partial charge in [0.25, 0.3) is 0 Å². The standard InChI is InChI=1S/C18H18N4O3/c23-16-8-4-10-22(16)15-7-3-6-13(11-15)21-18(25)17(24)20-12-14-5-1-2-9-19-14/h1-3,5-7,9,11H,4,8,10,12H2,(H,20,24)(H,21,25). The Labute approximate surface area is 145 Å². The third kappa shape index (κ3) is 4.20. The van der Waals surface area contributed by atoms with E-state index < -0.39 is 11.8 Å². The molecule has 0 radical (unpaired) electrons. The van der Waals surface area contributed by atoms with Crippen molar-refractivity contribution in [2.45, 2.75) is 19.4 Å². The minimum absolute atomic E-state index is 0.0663. The predicted molar refractivity (Wildman–Crippen MR) is 92.7 cm³/mol. The molecule has 0 spiro atoms. The highest BCUT2D eigenvalue weighted by Gasteiger charge is 2.22. The van der Waals surface area contributed by atoms with Crippen molar-refractivity contribution in [3.05, 3.63) is 54.4 Å². The first-order chi connectivity index (χ1) is 12.1. The first-order valence-electron chi connectivity index (χ1n) is 8.03. The molecule has 3 amide bonds. The van der Waals surface area contributed by atoms with E-state index >= 15 is 0 Å². The number of rotatable bonds is 4. The summed E-state index contributed by atoms with van der Waals surface area (Å²) in [7, 11) is 0. The van der Waals surface area contributed by atoms with Gasteiger partial charge in [-0.25, -0.2) is 0 Å². The summed E-state index contributed by atoms with van der Waals surface area (Å²) in [5, 5.41) is 5.07. The van der Waals surface area contributed by atoms with Crippen LogP contribution < -0.4 is 15.5 Å². The van der Waals surface area contributed by atoms with Gasteiger partial charge in [0, 0.05) is 30.5 Å². The Morgan fingerprint density at radius 1 is 1.12 bits per heavy atom. The van der Waals surface area contributed by atoms with Crippen molar-refractivity contribution >= 4 is 29.1 Å². The molecule has 1 aromatic carbocycles. The van der Waals surface area contributed by atoms with Crippen molar-refractivity contribution in [3.63, 3.8) is 0 Å². The van der Waals surface area contributed by atoms with Crippen molar-refractivity contribution in [1.82, 2.24) is 10.3 Å². The van der Waals surface area contributed by atoms with Gasteiger partial charge < -0.3 is 15.5 Å². The summed E-state index contributed by atoms with van der Waals surface area (Å²) in [6.07, 6.45) is 2.98. The molecule has 0 aliphatic carbocycles. The van der Waals surface area contributed by atoms with E-state index in [0.29, 0.717) is 30.0 Å². The van der Waals surface area contributed by atoms with E-state index in [2.05, 4.69) is 15.6 Å². The second-order valence-corrected chi connectivity index (χ2v) is 5.66. The lowest BCUT2D eigenvalue weighted by Gasteiger charge is -2.16. The second-order valence-electron chi connectivity index (χ2n) is 5.66. The van der Waals surface area contributed by atoms with Gasteiger partial charge in [0.2, 0.25) is 5.91 Å². The molecule has 1 saturated heterocycles. The maximum atomic E-state index is 12.0. The summed E-state index contributed by atoms with van der Waals surface area (Å²) in [6.45, 7) is 0.843.